The highest BCUT2D eigenvalue weighted by Crippen LogP contribution is 2.72. The summed E-state index contributed by atoms with van der Waals surface area (Å²) in [5, 5.41) is 4.06. The molecule has 1 heterocycles. The zero-order chi connectivity index (χ0) is 18.0. The highest BCUT2D eigenvalue weighted by Gasteiger charge is 2.76. The summed E-state index contributed by atoms with van der Waals surface area (Å²) >= 11 is 3.57. The van der Waals surface area contributed by atoms with Crippen molar-refractivity contribution in [2.45, 2.75) is 38.4 Å². The van der Waals surface area contributed by atoms with Gasteiger partial charge in [0.15, 0.2) is 5.78 Å². The van der Waals surface area contributed by atoms with Crippen molar-refractivity contribution < 1.29 is 9.59 Å². The Hall–Kier alpha value is -1.75. The molecule has 3 atom stereocenters. The first-order chi connectivity index (χ1) is 11.8. The quantitative estimate of drug-likeness (QED) is 0.762. The van der Waals surface area contributed by atoms with Crippen molar-refractivity contribution in [2.24, 2.45) is 16.2 Å². The number of benzene rings is 1. The first-order valence-corrected chi connectivity index (χ1v) is 9.51. The molecule has 0 radical (unpaired) electrons. The van der Waals surface area contributed by atoms with E-state index in [1.54, 1.807) is 6.20 Å². The second-order valence-electron chi connectivity index (χ2n) is 7.99. The SMILES string of the molecule is CC1(C)[C@]2(C)CC[C@@]1(C(=O)Nc1cccc3cccnc13)[C@H](Br)C2=O. The fourth-order valence-corrected chi connectivity index (χ4v) is 6.41. The van der Waals surface area contributed by atoms with Crippen molar-refractivity contribution >= 4 is 44.2 Å². The first-order valence-electron chi connectivity index (χ1n) is 8.59. The fourth-order valence-electron chi connectivity index (χ4n) is 4.89. The van der Waals surface area contributed by atoms with Crippen LogP contribution in [0.4, 0.5) is 5.69 Å². The number of halogens is 1. The minimum atomic E-state index is -0.740. The highest BCUT2D eigenvalue weighted by molar-refractivity contribution is 9.10. The van der Waals surface area contributed by atoms with Gasteiger partial charge in [-0.3, -0.25) is 14.6 Å². The maximum absolute atomic E-state index is 13.4. The van der Waals surface area contributed by atoms with E-state index in [0.717, 1.165) is 17.3 Å². The number of fused-ring (bicyclic) bond motifs is 3. The van der Waals surface area contributed by atoms with Gasteiger partial charge in [0.1, 0.15) is 0 Å². The molecule has 25 heavy (non-hydrogen) atoms. The molecule has 130 valence electrons. The summed E-state index contributed by atoms with van der Waals surface area (Å²) < 4.78 is 0. The number of nitrogens with one attached hydrogen (secondary N) is 1. The molecule has 4 nitrogen and oxygen atoms in total. The Morgan fingerprint density at radius 1 is 1.20 bits per heavy atom. The van der Waals surface area contributed by atoms with Crippen LogP contribution >= 0.6 is 15.9 Å². The van der Waals surface area contributed by atoms with Gasteiger partial charge < -0.3 is 5.32 Å². The molecule has 1 amide bonds. The standard InChI is InChI=1S/C20H21BrN2O2/c1-18(2)19(3)9-10-20(18,15(21)16(19)24)17(25)23-13-8-4-6-12-7-5-11-22-14(12)13/h4-8,11,15H,9-10H2,1-3H3,(H,23,25)/t15-,19-,20+/m1/s1. The molecule has 5 heteroatoms. The van der Waals surface area contributed by atoms with E-state index >= 15 is 0 Å². The molecule has 0 aliphatic heterocycles. The fraction of sp³-hybridized carbons (Fsp3) is 0.450. The topological polar surface area (TPSA) is 59.1 Å². The summed E-state index contributed by atoms with van der Waals surface area (Å²) in [6, 6.07) is 9.60. The van der Waals surface area contributed by atoms with Crippen LogP contribution in [-0.4, -0.2) is 21.5 Å². The van der Waals surface area contributed by atoms with Crippen LogP contribution in [0.25, 0.3) is 10.9 Å². The monoisotopic (exact) mass is 400 g/mol. The van der Waals surface area contributed by atoms with Gasteiger partial charge in [-0.15, -0.1) is 0 Å². The molecule has 1 aromatic carbocycles. The Labute approximate surface area is 155 Å². The lowest BCUT2D eigenvalue weighted by molar-refractivity contribution is -0.130. The molecule has 0 unspecified atom stereocenters. The summed E-state index contributed by atoms with van der Waals surface area (Å²) in [5.41, 5.74) is -0.150. The summed E-state index contributed by atoms with van der Waals surface area (Å²) in [6.45, 7) is 6.12. The lowest BCUT2D eigenvalue weighted by Gasteiger charge is -2.39. The molecule has 0 saturated heterocycles. The molecule has 4 rings (SSSR count). The Kier molecular flexibility index (Phi) is 3.43. The molecule has 1 N–H and O–H groups in total. The van der Waals surface area contributed by atoms with Gasteiger partial charge in [-0.2, -0.15) is 0 Å². The van der Waals surface area contributed by atoms with Gasteiger partial charge in [-0.05, 0) is 30.4 Å². The smallest absolute Gasteiger partial charge is 0.232 e. The number of alkyl halides is 1. The number of Topliss-reactive ketones (excluding diaryl/α,β-unsaturated/α-hetero) is 1. The number of hydrogen-bond acceptors (Lipinski definition) is 3. The predicted molar refractivity (Wildman–Crippen MR) is 102 cm³/mol. The maximum Gasteiger partial charge on any atom is 0.232 e. The van der Waals surface area contributed by atoms with Gasteiger partial charge in [-0.25, -0.2) is 0 Å². The van der Waals surface area contributed by atoms with Crippen LogP contribution in [0.2, 0.25) is 0 Å². The Morgan fingerprint density at radius 3 is 2.60 bits per heavy atom. The molecule has 2 aliphatic rings. The number of carbonyl (C=O) groups excluding carboxylic acids is 2. The molecule has 2 saturated carbocycles. The Balaban J connectivity index is 1.78. The van der Waals surface area contributed by atoms with Crippen LogP contribution in [0, 0.1) is 16.2 Å². The Bertz CT molecular complexity index is 904. The number of hydrogen-bond donors (Lipinski definition) is 1. The van der Waals surface area contributed by atoms with Gasteiger partial charge in [0.25, 0.3) is 0 Å². The molecular weight excluding hydrogens is 380 g/mol. The van der Waals surface area contributed by atoms with Crippen LogP contribution in [0.1, 0.15) is 33.6 Å². The number of amides is 1. The van der Waals surface area contributed by atoms with E-state index in [1.165, 1.54) is 0 Å². The number of anilines is 1. The van der Waals surface area contributed by atoms with Gasteiger partial charge in [0.05, 0.1) is 21.4 Å². The molecule has 2 aromatic rings. The van der Waals surface area contributed by atoms with Crippen LogP contribution in [-0.2, 0) is 9.59 Å². The third-order valence-electron chi connectivity index (χ3n) is 7.01. The van der Waals surface area contributed by atoms with Crippen molar-refractivity contribution in [3.63, 3.8) is 0 Å². The van der Waals surface area contributed by atoms with E-state index in [1.807, 2.05) is 37.3 Å². The number of ketones is 1. The summed E-state index contributed by atoms with van der Waals surface area (Å²) in [6.07, 6.45) is 3.18. The van der Waals surface area contributed by atoms with Crippen molar-refractivity contribution in [3.8, 4) is 0 Å². The number of carbonyl (C=O) groups is 2. The van der Waals surface area contributed by atoms with E-state index < -0.39 is 21.1 Å². The van der Waals surface area contributed by atoms with Gasteiger partial charge >= 0.3 is 0 Å². The summed E-state index contributed by atoms with van der Waals surface area (Å²) in [5.74, 6) is 0.0575. The second-order valence-corrected chi connectivity index (χ2v) is 8.91. The van der Waals surface area contributed by atoms with Crippen molar-refractivity contribution in [1.82, 2.24) is 4.98 Å². The number of rotatable bonds is 2. The molecule has 2 fully saturated rings. The van der Waals surface area contributed by atoms with Crippen LogP contribution in [0.15, 0.2) is 36.5 Å². The molecule has 0 spiro atoms. The normalized spacial score (nSPS) is 33.0. The average Bonchev–Trinajstić information content (AvgIpc) is 2.87. The predicted octanol–water partition coefficient (Wildman–Crippen LogP) is 4.33. The van der Waals surface area contributed by atoms with E-state index in [0.29, 0.717) is 12.1 Å². The third kappa shape index (κ3) is 1.85. The lowest BCUT2D eigenvalue weighted by Crippen LogP contribution is -2.48. The zero-order valence-corrected chi connectivity index (χ0v) is 16.2. The van der Waals surface area contributed by atoms with E-state index in [-0.39, 0.29) is 11.7 Å². The van der Waals surface area contributed by atoms with Crippen LogP contribution in [0.5, 0.6) is 0 Å². The highest BCUT2D eigenvalue weighted by atomic mass is 79.9. The first kappa shape index (κ1) is 16.7. The third-order valence-corrected chi connectivity index (χ3v) is 8.20. The maximum atomic E-state index is 13.4. The number of pyridine rings is 1. The average molecular weight is 401 g/mol. The van der Waals surface area contributed by atoms with Crippen LogP contribution < -0.4 is 5.32 Å². The molecular formula is C20H21BrN2O2. The Morgan fingerprint density at radius 2 is 1.92 bits per heavy atom. The van der Waals surface area contributed by atoms with Crippen molar-refractivity contribution in [3.05, 3.63) is 36.5 Å². The van der Waals surface area contributed by atoms with Crippen molar-refractivity contribution in [2.75, 3.05) is 5.32 Å². The molecule has 2 aliphatic carbocycles. The van der Waals surface area contributed by atoms with E-state index in [4.69, 9.17) is 0 Å². The summed E-state index contributed by atoms with van der Waals surface area (Å²) in [7, 11) is 0. The minimum absolute atomic E-state index is 0.0906. The molecule has 1 aromatic heterocycles. The number of nitrogens with zero attached hydrogens (tertiary/aromatic N) is 1. The lowest BCUT2D eigenvalue weighted by atomic mass is 9.64. The van der Waals surface area contributed by atoms with E-state index in [2.05, 4.69) is 40.1 Å². The van der Waals surface area contributed by atoms with Gasteiger partial charge in [0.2, 0.25) is 5.91 Å². The second kappa shape index (κ2) is 5.13. The number of aromatic nitrogens is 1. The largest absolute Gasteiger partial charge is 0.324 e. The zero-order valence-electron chi connectivity index (χ0n) is 14.6. The van der Waals surface area contributed by atoms with Gasteiger partial charge in [0, 0.05) is 17.0 Å². The van der Waals surface area contributed by atoms with E-state index in [9.17, 15) is 9.59 Å². The van der Waals surface area contributed by atoms with Gasteiger partial charge in [-0.1, -0.05) is 54.9 Å². The summed E-state index contributed by atoms with van der Waals surface area (Å²) in [4.78, 5) is 30.2. The number of para-hydroxylation sites is 1. The van der Waals surface area contributed by atoms with Crippen molar-refractivity contribution in [1.29, 1.82) is 0 Å². The minimum Gasteiger partial charge on any atom is -0.324 e. The molecule has 2 bridgehead atoms. The van der Waals surface area contributed by atoms with Crippen LogP contribution in [0.3, 0.4) is 0 Å².